The molecule has 6 heteroatoms. The van der Waals surface area contributed by atoms with Crippen molar-refractivity contribution in [2.45, 2.75) is 13.1 Å². The van der Waals surface area contributed by atoms with Crippen LogP contribution in [-0.4, -0.2) is 11.0 Å². The van der Waals surface area contributed by atoms with Crippen molar-refractivity contribution in [3.8, 4) is 0 Å². The minimum absolute atomic E-state index is 0.109. The molecule has 0 amide bonds. The largest absolute Gasteiger partial charge is 0.409 e. The smallest absolute Gasteiger partial charge is 0.173 e. The number of halogens is 1. The number of oxime groups is 1. The molecule has 0 bridgehead atoms. The molecule has 0 radical (unpaired) electrons. The lowest BCUT2D eigenvalue weighted by atomic mass is 10.1. The van der Waals surface area contributed by atoms with Crippen molar-refractivity contribution in [2.75, 3.05) is 0 Å². The highest BCUT2D eigenvalue weighted by Crippen LogP contribution is 2.13. The predicted molar refractivity (Wildman–Crippen MR) is 73.8 cm³/mol. The Bertz CT molecular complexity index is 569. The van der Waals surface area contributed by atoms with E-state index >= 15 is 0 Å². The van der Waals surface area contributed by atoms with E-state index in [0.29, 0.717) is 18.7 Å². The Labute approximate surface area is 114 Å². The van der Waals surface area contributed by atoms with Crippen molar-refractivity contribution in [3.05, 3.63) is 57.5 Å². The second-order valence-electron chi connectivity index (χ2n) is 4.00. The van der Waals surface area contributed by atoms with E-state index in [1.165, 1.54) is 6.07 Å². The minimum Gasteiger partial charge on any atom is -0.409 e. The van der Waals surface area contributed by atoms with Crippen molar-refractivity contribution < 1.29 is 9.60 Å². The van der Waals surface area contributed by atoms with E-state index in [1.54, 1.807) is 23.5 Å². The van der Waals surface area contributed by atoms with E-state index in [1.807, 2.05) is 16.8 Å². The first kappa shape index (κ1) is 13.5. The van der Waals surface area contributed by atoms with Gasteiger partial charge in [0.15, 0.2) is 5.84 Å². The Balaban J connectivity index is 2.04. The van der Waals surface area contributed by atoms with Crippen LogP contribution in [0.15, 0.2) is 40.2 Å². The molecular formula is C13H14FN3OS. The number of rotatable bonds is 5. The van der Waals surface area contributed by atoms with Gasteiger partial charge in [-0.05, 0) is 28.5 Å². The maximum Gasteiger partial charge on any atom is 0.173 e. The summed E-state index contributed by atoms with van der Waals surface area (Å²) in [6.07, 6.45) is 0. The molecule has 0 saturated heterocycles. The molecule has 0 aliphatic carbocycles. The first-order valence-electron chi connectivity index (χ1n) is 5.69. The quantitative estimate of drug-likeness (QED) is 0.340. The molecule has 2 aromatic rings. The van der Waals surface area contributed by atoms with Crippen LogP contribution in [-0.2, 0) is 13.1 Å². The maximum absolute atomic E-state index is 14.1. The lowest BCUT2D eigenvalue weighted by Crippen LogP contribution is -2.18. The number of hydrogen-bond acceptors (Lipinski definition) is 4. The highest BCUT2D eigenvalue weighted by Gasteiger charge is 2.11. The second kappa shape index (κ2) is 6.31. The number of hydrogen-bond donors (Lipinski definition) is 3. The van der Waals surface area contributed by atoms with Gasteiger partial charge in [0.25, 0.3) is 0 Å². The molecule has 4 N–H and O–H groups in total. The average molecular weight is 279 g/mol. The van der Waals surface area contributed by atoms with Crippen LogP contribution in [0.2, 0.25) is 0 Å². The lowest BCUT2D eigenvalue weighted by Gasteiger charge is -2.08. The van der Waals surface area contributed by atoms with Crippen LogP contribution in [0.25, 0.3) is 0 Å². The zero-order chi connectivity index (χ0) is 13.7. The van der Waals surface area contributed by atoms with Gasteiger partial charge >= 0.3 is 0 Å². The summed E-state index contributed by atoms with van der Waals surface area (Å²) in [5.74, 6) is -0.687. The molecule has 0 spiro atoms. The summed E-state index contributed by atoms with van der Waals surface area (Å²) in [5, 5.41) is 18.6. The third-order valence-electron chi connectivity index (χ3n) is 2.69. The van der Waals surface area contributed by atoms with Gasteiger partial charge in [0.05, 0.1) is 5.56 Å². The van der Waals surface area contributed by atoms with Crippen LogP contribution in [0.1, 0.15) is 16.7 Å². The number of amidine groups is 1. The summed E-state index contributed by atoms with van der Waals surface area (Å²) in [7, 11) is 0. The van der Waals surface area contributed by atoms with E-state index in [9.17, 15) is 4.39 Å². The molecule has 100 valence electrons. The van der Waals surface area contributed by atoms with Crippen molar-refractivity contribution in [2.24, 2.45) is 10.9 Å². The number of benzene rings is 1. The van der Waals surface area contributed by atoms with Crippen LogP contribution in [0.4, 0.5) is 4.39 Å². The number of nitrogens with zero attached hydrogens (tertiary/aromatic N) is 1. The van der Waals surface area contributed by atoms with Gasteiger partial charge in [0.1, 0.15) is 5.82 Å². The molecule has 2 rings (SSSR count). The second-order valence-corrected chi connectivity index (χ2v) is 4.78. The molecule has 0 aliphatic heterocycles. The van der Waals surface area contributed by atoms with Crippen molar-refractivity contribution >= 4 is 17.2 Å². The molecule has 0 saturated carbocycles. The van der Waals surface area contributed by atoms with Gasteiger partial charge in [-0.2, -0.15) is 11.3 Å². The monoisotopic (exact) mass is 279 g/mol. The summed E-state index contributed by atoms with van der Waals surface area (Å²) < 4.78 is 14.1. The number of nitrogens with one attached hydrogen (secondary N) is 1. The van der Waals surface area contributed by atoms with E-state index in [0.717, 1.165) is 5.56 Å². The Hall–Kier alpha value is -1.92. The Morgan fingerprint density at radius 3 is 2.89 bits per heavy atom. The average Bonchev–Trinajstić information content (AvgIpc) is 2.93. The fraction of sp³-hybridized carbons (Fsp3) is 0.154. The third-order valence-corrected chi connectivity index (χ3v) is 3.42. The fourth-order valence-electron chi connectivity index (χ4n) is 1.70. The number of nitrogens with two attached hydrogens (primary N) is 1. The van der Waals surface area contributed by atoms with E-state index in [-0.39, 0.29) is 11.4 Å². The zero-order valence-corrected chi connectivity index (χ0v) is 11.0. The highest BCUT2D eigenvalue weighted by molar-refractivity contribution is 7.07. The van der Waals surface area contributed by atoms with E-state index in [4.69, 9.17) is 10.9 Å². The van der Waals surface area contributed by atoms with Gasteiger partial charge < -0.3 is 16.3 Å². The topological polar surface area (TPSA) is 70.6 Å². The SMILES string of the molecule is N/C(=N/O)c1cccc(CNCc2ccsc2)c1F. The first-order chi connectivity index (χ1) is 9.22. The minimum atomic E-state index is -0.462. The van der Waals surface area contributed by atoms with Crippen LogP contribution >= 0.6 is 11.3 Å². The molecule has 0 unspecified atom stereocenters. The maximum atomic E-state index is 14.1. The predicted octanol–water partition coefficient (Wildman–Crippen LogP) is 2.27. The Kier molecular flexibility index (Phi) is 4.48. The molecule has 1 aromatic carbocycles. The molecule has 0 aliphatic rings. The molecule has 19 heavy (non-hydrogen) atoms. The van der Waals surface area contributed by atoms with Crippen LogP contribution < -0.4 is 11.1 Å². The first-order valence-corrected chi connectivity index (χ1v) is 6.63. The molecule has 4 nitrogen and oxygen atoms in total. The van der Waals surface area contributed by atoms with Crippen molar-refractivity contribution in [1.29, 1.82) is 0 Å². The Morgan fingerprint density at radius 1 is 1.37 bits per heavy atom. The summed E-state index contributed by atoms with van der Waals surface area (Å²) in [6, 6.07) is 6.84. The van der Waals surface area contributed by atoms with Crippen molar-refractivity contribution in [3.63, 3.8) is 0 Å². The molecule has 0 atom stereocenters. The van der Waals surface area contributed by atoms with Crippen LogP contribution in [0.5, 0.6) is 0 Å². The van der Waals surface area contributed by atoms with Gasteiger partial charge in [-0.3, -0.25) is 0 Å². The standard InChI is InChI=1S/C13H14FN3OS/c14-12-10(2-1-3-11(12)13(15)17-18)7-16-6-9-4-5-19-8-9/h1-5,8,16,18H,6-7H2,(H2,15,17). The summed E-state index contributed by atoms with van der Waals surface area (Å²) in [5.41, 5.74) is 7.17. The van der Waals surface area contributed by atoms with Gasteiger partial charge in [0.2, 0.25) is 0 Å². The highest BCUT2D eigenvalue weighted by atomic mass is 32.1. The third kappa shape index (κ3) is 3.30. The molecular weight excluding hydrogens is 265 g/mol. The number of thiophene rings is 1. The molecule has 1 aromatic heterocycles. The van der Waals surface area contributed by atoms with Crippen LogP contribution in [0.3, 0.4) is 0 Å². The lowest BCUT2D eigenvalue weighted by molar-refractivity contribution is 0.318. The summed E-state index contributed by atoms with van der Waals surface area (Å²) in [4.78, 5) is 0. The molecule has 1 heterocycles. The van der Waals surface area contributed by atoms with Gasteiger partial charge in [0, 0.05) is 18.7 Å². The van der Waals surface area contributed by atoms with Gasteiger partial charge in [-0.15, -0.1) is 0 Å². The van der Waals surface area contributed by atoms with E-state index < -0.39 is 5.82 Å². The summed E-state index contributed by atoms with van der Waals surface area (Å²) in [6.45, 7) is 1.06. The normalized spacial score (nSPS) is 11.7. The van der Waals surface area contributed by atoms with Gasteiger partial charge in [-0.25, -0.2) is 4.39 Å². The fourth-order valence-corrected chi connectivity index (χ4v) is 2.37. The van der Waals surface area contributed by atoms with E-state index in [2.05, 4.69) is 10.5 Å². The zero-order valence-electron chi connectivity index (χ0n) is 10.1. The van der Waals surface area contributed by atoms with Crippen molar-refractivity contribution in [1.82, 2.24) is 5.32 Å². The van der Waals surface area contributed by atoms with Crippen LogP contribution in [0, 0.1) is 5.82 Å². The van der Waals surface area contributed by atoms with Gasteiger partial charge in [-0.1, -0.05) is 17.3 Å². The summed E-state index contributed by atoms with van der Waals surface area (Å²) >= 11 is 1.62. The molecule has 0 fully saturated rings. The Morgan fingerprint density at radius 2 is 2.21 bits per heavy atom.